The van der Waals surface area contributed by atoms with Gasteiger partial charge in [-0.05, 0) is 24.8 Å². The summed E-state index contributed by atoms with van der Waals surface area (Å²) in [7, 11) is 0. The molecule has 1 aliphatic rings. The van der Waals surface area contributed by atoms with Crippen LogP contribution in [-0.2, 0) is 13.1 Å². The largest absolute Gasteiger partial charge is 0.325 e. The molecule has 90 valence electrons. The van der Waals surface area contributed by atoms with Crippen LogP contribution in [0, 0.1) is 5.92 Å². The molecule has 3 nitrogen and oxygen atoms in total. The minimum Gasteiger partial charge on any atom is -0.325 e. The molecule has 0 bridgehead atoms. The van der Waals surface area contributed by atoms with Crippen LogP contribution in [0.3, 0.4) is 0 Å². The van der Waals surface area contributed by atoms with E-state index >= 15 is 0 Å². The van der Waals surface area contributed by atoms with E-state index in [9.17, 15) is 0 Å². The SMILES string of the molecule is NCc1nn(CC2CCCC2)c2ccccc12. The molecule has 0 aliphatic heterocycles. The molecule has 0 saturated heterocycles. The molecule has 0 amide bonds. The molecule has 17 heavy (non-hydrogen) atoms. The van der Waals surface area contributed by atoms with Crippen molar-refractivity contribution in [3.05, 3.63) is 30.0 Å². The number of hydrogen-bond donors (Lipinski definition) is 1. The Balaban J connectivity index is 1.97. The number of nitrogens with two attached hydrogens (primary N) is 1. The highest BCUT2D eigenvalue weighted by atomic mass is 15.3. The minimum atomic E-state index is 0.526. The number of benzene rings is 1. The summed E-state index contributed by atoms with van der Waals surface area (Å²) >= 11 is 0. The summed E-state index contributed by atoms with van der Waals surface area (Å²) in [5, 5.41) is 5.88. The third-order valence-electron chi connectivity index (χ3n) is 3.83. The molecule has 1 aromatic carbocycles. The Morgan fingerprint density at radius 2 is 2.00 bits per heavy atom. The van der Waals surface area contributed by atoms with E-state index in [0.717, 1.165) is 18.2 Å². The van der Waals surface area contributed by atoms with Gasteiger partial charge in [0.05, 0.1) is 11.2 Å². The molecule has 1 saturated carbocycles. The lowest BCUT2D eigenvalue weighted by Crippen LogP contribution is -2.09. The van der Waals surface area contributed by atoms with Crippen molar-refractivity contribution in [3.8, 4) is 0 Å². The normalized spacial score (nSPS) is 17.0. The van der Waals surface area contributed by atoms with E-state index in [0.29, 0.717) is 6.54 Å². The molecule has 1 fully saturated rings. The van der Waals surface area contributed by atoms with Gasteiger partial charge in [-0.3, -0.25) is 4.68 Å². The summed E-state index contributed by atoms with van der Waals surface area (Å²) in [5.74, 6) is 0.809. The summed E-state index contributed by atoms with van der Waals surface area (Å²) in [6.07, 6.45) is 5.47. The van der Waals surface area contributed by atoms with Crippen LogP contribution in [0.25, 0.3) is 10.9 Å². The molecule has 1 heterocycles. The molecule has 0 unspecified atom stereocenters. The Bertz CT molecular complexity index is 509. The van der Waals surface area contributed by atoms with E-state index in [1.165, 1.54) is 36.6 Å². The summed E-state index contributed by atoms with van der Waals surface area (Å²) in [6.45, 7) is 1.58. The van der Waals surface area contributed by atoms with Gasteiger partial charge in [0.1, 0.15) is 0 Å². The van der Waals surface area contributed by atoms with E-state index in [1.807, 2.05) is 0 Å². The van der Waals surface area contributed by atoms with E-state index in [-0.39, 0.29) is 0 Å². The van der Waals surface area contributed by atoms with Crippen molar-refractivity contribution < 1.29 is 0 Å². The van der Waals surface area contributed by atoms with Crippen LogP contribution in [0.5, 0.6) is 0 Å². The van der Waals surface area contributed by atoms with E-state index in [4.69, 9.17) is 5.73 Å². The molecule has 2 aromatic rings. The van der Waals surface area contributed by atoms with Gasteiger partial charge in [-0.1, -0.05) is 31.0 Å². The molecule has 0 atom stereocenters. The van der Waals surface area contributed by atoms with Gasteiger partial charge in [0.2, 0.25) is 0 Å². The van der Waals surface area contributed by atoms with Crippen LogP contribution >= 0.6 is 0 Å². The number of aromatic nitrogens is 2. The van der Waals surface area contributed by atoms with Crippen LogP contribution < -0.4 is 5.73 Å². The topological polar surface area (TPSA) is 43.8 Å². The molecular formula is C14H19N3. The van der Waals surface area contributed by atoms with Crippen LogP contribution in [0.2, 0.25) is 0 Å². The number of para-hydroxylation sites is 1. The van der Waals surface area contributed by atoms with E-state index in [1.54, 1.807) is 0 Å². The first kappa shape index (κ1) is 10.8. The van der Waals surface area contributed by atoms with Crippen molar-refractivity contribution in [2.24, 2.45) is 11.7 Å². The van der Waals surface area contributed by atoms with Gasteiger partial charge < -0.3 is 5.73 Å². The maximum Gasteiger partial charge on any atom is 0.0838 e. The van der Waals surface area contributed by atoms with Crippen molar-refractivity contribution in [1.29, 1.82) is 0 Å². The molecule has 3 heteroatoms. The van der Waals surface area contributed by atoms with E-state index in [2.05, 4.69) is 34.0 Å². The number of hydrogen-bond acceptors (Lipinski definition) is 2. The minimum absolute atomic E-state index is 0.526. The summed E-state index contributed by atoms with van der Waals surface area (Å²) in [4.78, 5) is 0. The van der Waals surface area contributed by atoms with Gasteiger partial charge in [-0.2, -0.15) is 5.10 Å². The van der Waals surface area contributed by atoms with Crippen molar-refractivity contribution in [2.75, 3.05) is 0 Å². The highest BCUT2D eigenvalue weighted by molar-refractivity contribution is 5.81. The average molecular weight is 229 g/mol. The summed E-state index contributed by atoms with van der Waals surface area (Å²) in [5.41, 5.74) is 8.02. The van der Waals surface area contributed by atoms with Gasteiger partial charge >= 0.3 is 0 Å². The second-order valence-electron chi connectivity index (χ2n) is 5.00. The van der Waals surface area contributed by atoms with Crippen LogP contribution in [0.15, 0.2) is 24.3 Å². The van der Waals surface area contributed by atoms with Crippen LogP contribution in [0.1, 0.15) is 31.4 Å². The maximum atomic E-state index is 5.76. The molecule has 3 rings (SSSR count). The Kier molecular flexibility index (Phi) is 2.85. The molecule has 2 N–H and O–H groups in total. The fourth-order valence-electron chi connectivity index (χ4n) is 2.92. The van der Waals surface area contributed by atoms with Crippen molar-refractivity contribution in [3.63, 3.8) is 0 Å². The molecular weight excluding hydrogens is 210 g/mol. The summed E-state index contributed by atoms with van der Waals surface area (Å²) in [6, 6.07) is 8.41. The van der Waals surface area contributed by atoms with Crippen LogP contribution in [0.4, 0.5) is 0 Å². The molecule has 1 aliphatic carbocycles. The Labute approximate surface area is 102 Å². The number of rotatable bonds is 3. The van der Waals surface area contributed by atoms with Crippen molar-refractivity contribution >= 4 is 10.9 Å². The van der Waals surface area contributed by atoms with E-state index < -0.39 is 0 Å². The zero-order chi connectivity index (χ0) is 11.7. The lowest BCUT2D eigenvalue weighted by molar-refractivity contribution is 0.435. The predicted molar refractivity (Wildman–Crippen MR) is 69.6 cm³/mol. The van der Waals surface area contributed by atoms with Gasteiger partial charge in [0.25, 0.3) is 0 Å². The van der Waals surface area contributed by atoms with Crippen molar-refractivity contribution in [2.45, 2.75) is 38.8 Å². The second-order valence-corrected chi connectivity index (χ2v) is 5.00. The number of fused-ring (bicyclic) bond motifs is 1. The quantitative estimate of drug-likeness (QED) is 0.879. The molecule has 0 radical (unpaired) electrons. The zero-order valence-electron chi connectivity index (χ0n) is 10.1. The van der Waals surface area contributed by atoms with Gasteiger partial charge in [-0.15, -0.1) is 0 Å². The fraction of sp³-hybridized carbons (Fsp3) is 0.500. The van der Waals surface area contributed by atoms with Gasteiger partial charge in [0, 0.05) is 18.5 Å². The van der Waals surface area contributed by atoms with Gasteiger partial charge in [0.15, 0.2) is 0 Å². The Morgan fingerprint density at radius 3 is 2.76 bits per heavy atom. The molecule has 1 aromatic heterocycles. The van der Waals surface area contributed by atoms with Crippen LogP contribution in [-0.4, -0.2) is 9.78 Å². The second kappa shape index (κ2) is 4.49. The smallest absolute Gasteiger partial charge is 0.0838 e. The highest BCUT2D eigenvalue weighted by Crippen LogP contribution is 2.28. The monoisotopic (exact) mass is 229 g/mol. The lowest BCUT2D eigenvalue weighted by atomic mass is 10.1. The average Bonchev–Trinajstić information content (AvgIpc) is 2.98. The molecule has 0 spiro atoms. The third kappa shape index (κ3) is 1.95. The van der Waals surface area contributed by atoms with Crippen molar-refractivity contribution in [1.82, 2.24) is 9.78 Å². The predicted octanol–water partition coefficient (Wildman–Crippen LogP) is 2.69. The first-order valence-electron chi connectivity index (χ1n) is 6.53. The third-order valence-corrected chi connectivity index (χ3v) is 3.83. The number of nitrogens with zero attached hydrogens (tertiary/aromatic N) is 2. The zero-order valence-corrected chi connectivity index (χ0v) is 10.1. The standard InChI is InChI=1S/C14H19N3/c15-9-13-12-7-3-4-8-14(12)17(16-13)10-11-5-1-2-6-11/h3-4,7-8,11H,1-2,5-6,9-10,15H2. The first-order chi connectivity index (χ1) is 8.38. The Hall–Kier alpha value is -1.35. The lowest BCUT2D eigenvalue weighted by Gasteiger charge is -2.09. The first-order valence-corrected chi connectivity index (χ1v) is 6.53. The Morgan fingerprint density at radius 1 is 1.24 bits per heavy atom. The maximum absolute atomic E-state index is 5.76. The summed E-state index contributed by atoms with van der Waals surface area (Å²) < 4.78 is 2.16. The van der Waals surface area contributed by atoms with Gasteiger partial charge in [-0.25, -0.2) is 0 Å². The highest BCUT2D eigenvalue weighted by Gasteiger charge is 2.17. The fourth-order valence-corrected chi connectivity index (χ4v) is 2.92.